The Morgan fingerprint density at radius 2 is 1.93 bits per heavy atom. The van der Waals surface area contributed by atoms with Crippen LogP contribution in [0.25, 0.3) is 11.4 Å². The Balaban J connectivity index is 1.70. The van der Waals surface area contributed by atoms with E-state index in [0.717, 1.165) is 28.1 Å². The first kappa shape index (κ1) is 20.7. The van der Waals surface area contributed by atoms with E-state index in [1.165, 1.54) is 16.4 Å². The molecule has 7 nitrogen and oxygen atoms in total. The molecule has 1 amide bonds. The molecular formula is C21H25N5O2S. The molecule has 3 rings (SSSR count). The average molecular weight is 412 g/mol. The first-order valence-corrected chi connectivity index (χ1v) is 10.3. The molecule has 0 bridgehead atoms. The number of nitrogens with one attached hydrogen (secondary N) is 1. The summed E-state index contributed by atoms with van der Waals surface area (Å²) in [5.41, 5.74) is 3.74. The predicted octanol–water partition coefficient (Wildman–Crippen LogP) is 3.79. The van der Waals surface area contributed by atoms with Crippen LogP contribution in [0.1, 0.15) is 25.0 Å². The molecule has 1 heterocycles. The van der Waals surface area contributed by atoms with E-state index in [4.69, 9.17) is 10.6 Å². The van der Waals surface area contributed by atoms with E-state index in [-0.39, 0.29) is 5.91 Å². The Morgan fingerprint density at radius 1 is 1.21 bits per heavy atom. The van der Waals surface area contributed by atoms with Crippen LogP contribution < -0.4 is 15.9 Å². The van der Waals surface area contributed by atoms with E-state index in [2.05, 4.69) is 15.5 Å². The van der Waals surface area contributed by atoms with Gasteiger partial charge >= 0.3 is 0 Å². The van der Waals surface area contributed by atoms with Gasteiger partial charge in [-0.3, -0.25) is 4.79 Å². The lowest BCUT2D eigenvalue weighted by atomic mass is 10.1. The molecule has 29 heavy (non-hydrogen) atoms. The van der Waals surface area contributed by atoms with Crippen molar-refractivity contribution < 1.29 is 9.53 Å². The lowest BCUT2D eigenvalue weighted by Gasteiger charge is -2.13. The fourth-order valence-electron chi connectivity index (χ4n) is 2.74. The van der Waals surface area contributed by atoms with Gasteiger partial charge in [0.05, 0.1) is 11.9 Å². The standard InChI is InChI=1S/C21H25N5O2S/c1-5-28-17-10-8-16(9-11-17)19-24-25-21(26(19)22)29-15(4)20(27)23-18-12-13(2)6-7-14(18)3/h6-12,15H,5,22H2,1-4H3,(H,23,27)/t15-/m1/s1. The molecule has 0 saturated heterocycles. The predicted molar refractivity (Wildman–Crippen MR) is 117 cm³/mol. The number of nitrogens with zero attached hydrogens (tertiary/aromatic N) is 3. The summed E-state index contributed by atoms with van der Waals surface area (Å²) in [7, 11) is 0. The van der Waals surface area contributed by atoms with Crippen LogP contribution in [0.15, 0.2) is 47.6 Å². The Kier molecular flexibility index (Phi) is 6.43. The highest BCUT2D eigenvalue weighted by Gasteiger charge is 2.20. The third-order valence-electron chi connectivity index (χ3n) is 4.39. The van der Waals surface area contributed by atoms with Crippen LogP contribution in [0.2, 0.25) is 0 Å². The van der Waals surface area contributed by atoms with Gasteiger partial charge in [0.1, 0.15) is 5.75 Å². The smallest absolute Gasteiger partial charge is 0.237 e. The van der Waals surface area contributed by atoms with Crippen molar-refractivity contribution in [2.24, 2.45) is 0 Å². The van der Waals surface area contributed by atoms with Crippen LogP contribution in [0.3, 0.4) is 0 Å². The Hall–Kier alpha value is -3.00. The summed E-state index contributed by atoms with van der Waals surface area (Å²) in [4.78, 5) is 12.6. The number of nitrogens with two attached hydrogens (primary N) is 1. The number of hydrogen-bond donors (Lipinski definition) is 2. The van der Waals surface area contributed by atoms with Gasteiger partial charge in [-0.2, -0.15) is 0 Å². The summed E-state index contributed by atoms with van der Waals surface area (Å²) in [5.74, 6) is 7.38. The maximum absolute atomic E-state index is 12.6. The molecule has 0 aliphatic heterocycles. The van der Waals surface area contributed by atoms with Crippen molar-refractivity contribution in [3.8, 4) is 17.1 Å². The largest absolute Gasteiger partial charge is 0.494 e. The van der Waals surface area contributed by atoms with Gasteiger partial charge in [-0.1, -0.05) is 23.9 Å². The number of anilines is 1. The third-order valence-corrected chi connectivity index (χ3v) is 5.45. The van der Waals surface area contributed by atoms with E-state index < -0.39 is 5.25 Å². The highest BCUT2D eigenvalue weighted by molar-refractivity contribution is 8.00. The second-order valence-electron chi connectivity index (χ2n) is 6.70. The summed E-state index contributed by atoms with van der Waals surface area (Å²) in [5, 5.41) is 11.4. The number of ether oxygens (including phenoxy) is 1. The Bertz CT molecular complexity index is 1000. The molecule has 152 valence electrons. The molecular weight excluding hydrogens is 386 g/mol. The molecule has 8 heteroatoms. The Morgan fingerprint density at radius 3 is 2.62 bits per heavy atom. The van der Waals surface area contributed by atoms with Gasteiger partial charge in [0, 0.05) is 11.3 Å². The highest BCUT2D eigenvalue weighted by atomic mass is 32.2. The van der Waals surface area contributed by atoms with Crippen molar-refractivity contribution in [1.29, 1.82) is 0 Å². The summed E-state index contributed by atoms with van der Waals surface area (Å²) in [6.07, 6.45) is 0. The van der Waals surface area contributed by atoms with Crippen molar-refractivity contribution in [1.82, 2.24) is 14.9 Å². The number of hydrogen-bond acceptors (Lipinski definition) is 6. The molecule has 0 radical (unpaired) electrons. The topological polar surface area (TPSA) is 95.1 Å². The molecule has 0 unspecified atom stereocenters. The average Bonchev–Trinajstić information content (AvgIpc) is 3.06. The number of carbonyl (C=O) groups excluding carboxylic acids is 1. The maximum atomic E-state index is 12.6. The lowest BCUT2D eigenvalue weighted by Crippen LogP contribution is -2.24. The molecule has 0 spiro atoms. The number of amides is 1. The molecule has 2 aromatic carbocycles. The van der Waals surface area contributed by atoms with Crippen LogP contribution in [0, 0.1) is 13.8 Å². The minimum absolute atomic E-state index is 0.116. The summed E-state index contributed by atoms with van der Waals surface area (Å²) >= 11 is 1.26. The van der Waals surface area contributed by atoms with Crippen molar-refractivity contribution >= 4 is 23.4 Å². The number of rotatable bonds is 7. The molecule has 0 aliphatic carbocycles. The molecule has 0 saturated carbocycles. The maximum Gasteiger partial charge on any atom is 0.237 e. The van der Waals surface area contributed by atoms with Crippen LogP contribution in [-0.2, 0) is 4.79 Å². The SMILES string of the molecule is CCOc1ccc(-c2nnc(S[C@H](C)C(=O)Nc3cc(C)ccc3C)n2N)cc1. The van der Waals surface area contributed by atoms with E-state index in [1.54, 1.807) is 0 Å². The number of aromatic nitrogens is 3. The van der Waals surface area contributed by atoms with E-state index in [0.29, 0.717) is 17.6 Å². The summed E-state index contributed by atoms with van der Waals surface area (Å²) in [6, 6.07) is 13.4. The van der Waals surface area contributed by atoms with Crippen molar-refractivity contribution in [2.45, 2.75) is 38.1 Å². The molecule has 0 fully saturated rings. The van der Waals surface area contributed by atoms with E-state index >= 15 is 0 Å². The van der Waals surface area contributed by atoms with Crippen molar-refractivity contribution in [3.63, 3.8) is 0 Å². The number of benzene rings is 2. The normalized spacial score (nSPS) is 11.9. The fourth-order valence-corrected chi connectivity index (χ4v) is 3.51. The van der Waals surface area contributed by atoms with Crippen molar-refractivity contribution in [2.75, 3.05) is 17.8 Å². The van der Waals surface area contributed by atoms with Crippen LogP contribution in [0.5, 0.6) is 5.75 Å². The zero-order valence-corrected chi connectivity index (χ0v) is 17.8. The summed E-state index contributed by atoms with van der Waals surface area (Å²) in [6.45, 7) is 8.32. The number of nitrogen functional groups attached to an aromatic ring is 1. The van der Waals surface area contributed by atoms with Gasteiger partial charge < -0.3 is 15.9 Å². The minimum atomic E-state index is -0.394. The first-order valence-electron chi connectivity index (χ1n) is 9.37. The van der Waals surface area contributed by atoms with E-state index in [1.807, 2.05) is 70.2 Å². The molecule has 3 aromatic rings. The van der Waals surface area contributed by atoms with Gasteiger partial charge in [-0.15, -0.1) is 10.2 Å². The number of aryl methyl sites for hydroxylation is 2. The van der Waals surface area contributed by atoms with Crippen molar-refractivity contribution in [3.05, 3.63) is 53.6 Å². The molecule has 3 N–H and O–H groups in total. The quantitative estimate of drug-likeness (QED) is 0.454. The zero-order valence-electron chi connectivity index (χ0n) is 17.0. The monoisotopic (exact) mass is 411 g/mol. The second-order valence-corrected chi connectivity index (χ2v) is 8.01. The molecule has 1 atom stereocenters. The highest BCUT2D eigenvalue weighted by Crippen LogP contribution is 2.27. The van der Waals surface area contributed by atoms with Crippen LogP contribution >= 0.6 is 11.8 Å². The Labute approximate surface area is 174 Å². The van der Waals surface area contributed by atoms with Gasteiger partial charge in [-0.25, -0.2) is 4.68 Å². The number of carbonyl (C=O) groups is 1. The number of thioether (sulfide) groups is 1. The van der Waals surface area contributed by atoms with E-state index in [9.17, 15) is 4.79 Å². The molecule has 1 aromatic heterocycles. The summed E-state index contributed by atoms with van der Waals surface area (Å²) < 4.78 is 6.86. The zero-order chi connectivity index (χ0) is 21.0. The fraction of sp³-hybridized carbons (Fsp3) is 0.286. The third kappa shape index (κ3) is 4.89. The lowest BCUT2D eigenvalue weighted by molar-refractivity contribution is -0.115. The van der Waals surface area contributed by atoms with Gasteiger partial charge in [0.25, 0.3) is 0 Å². The van der Waals surface area contributed by atoms with Crippen LogP contribution in [-0.4, -0.2) is 32.6 Å². The second kappa shape index (κ2) is 9.00. The first-order chi connectivity index (χ1) is 13.9. The molecule has 0 aliphatic rings. The van der Waals surface area contributed by atoms with Gasteiger partial charge in [0.2, 0.25) is 11.1 Å². The van der Waals surface area contributed by atoms with Gasteiger partial charge in [-0.05, 0) is 69.2 Å². The van der Waals surface area contributed by atoms with Crippen LogP contribution in [0.4, 0.5) is 5.69 Å². The van der Waals surface area contributed by atoms with Gasteiger partial charge in [0.15, 0.2) is 5.82 Å². The minimum Gasteiger partial charge on any atom is -0.494 e.